The van der Waals surface area contributed by atoms with Gasteiger partial charge in [-0.2, -0.15) is 0 Å². The average molecular weight is 289 g/mol. The van der Waals surface area contributed by atoms with Crippen LogP contribution < -0.4 is 10.1 Å². The minimum Gasteiger partial charge on any atom is -0.490 e. The molecule has 0 amide bonds. The van der Waals surface area contributed by atoms with Crippen LogP contribution in [-0.2, 0) is 6.42 Å². The first kappa shape index (κ1) is 14.7. The van der Waals surface area contributed by atoms with Crippen LogP contribution >= 0.6 is 0 Å². The van der Waals surface area contributed by atoms with E-state index < -0.39 is 0 Å². The molecule has 1 fully saturated rings. The molecule has 1 atom stereocenters. The number of piperazine rings is 1. The number of rotatable bonds is 4. The molecule has 0 aliphatic carbocycles. The second kappa shape index (κ2) is 6.67. The zero-order valence-corrected chi connectivity index (χ0v) is 13.3. The number of anilines is 1. The summed E-state index contributed by atoms with van der Waals surface area (Å²) in [6, 6.07) is 6.96. The van der Waals surface area contributed by atoms with Gasteiger partial charge in [-0.25, -0.2) is 0 Å². The van der Waals surface area contributed by atoms with Crippen LogP contribution in [0.4, 0.5) is 5.69 Å². The highest BCUT2D eigenvalue weighted by Gasteiger charge is 2.18. The number of ether oxygens (including phenoxy) is 1. The highest BCUT2D eigenvalue weighted by molar-refractivity contribution is 5.63. The van der Waals surface area contributed by atoms with E-state index in [1.807, 2.05) is 0 Å². The summed E-state index contributed by atoms with van der Waals surface area (Å²) in [5.74, 6) is 1.02. The molecule has 0 saturated carbocycles. The van der Waals surface area contributed by atoms with Crippen molar-refractivity contribution in [2.24, 2.45) is 0 Å². The van der Waals surface area contributed by atoms with Crippen molar-refractivity contribution in [2.75, 3.05) is 51.7 Å². The molecule has 0 aromatic heterocycles. The molecule has 4 heteroatoms. The summed E-state index contributed by atoms with van der Waals surface area (Å²) in [6.45, 7) is 8.68. The zero-order valence-electron chi connectivity index (χ0n) is 13.3. The third-order valence-electron chi connectivity index (χ3n) is 4.61. The summed E-state index contributed by atoms with van der Waals surface area (Å²) in [6.07, 6.45) is 2.36. The Labute approximate surface area is 128 Å². The van der Waals surface area contributed by atoms with E-state index in [0.717, 1.165) is 38.4 Å². The van der Waals surface area contributed by atoms with E-state index >= 15 is 0 Å². The molecule has 1 aromatic rings. The topological polar surface area (TPSA) is 27.7 Å². The van der Waals surface area contributed by atoms with E-state index in [4.69, 9.17) is 4.74 Å². The van der Waals surface area contributed by atoms with Gasteiger partial charge in [-0.05, 0) is 38.4 Å². The summed E-state index contributed by atoms with van der Waals surface area (Å²) in [5, 5.41) is 3.58. The molecule has 2 aliphatic rings. The molecule has 2 aliphatic heterocycles. The molecular weight excluding hydrogens is 262 g/mol. The number of aryl methyl sites for hydroxylation is 1. The van der Waals surface area contributed by atoms with E-state index in [1.54, 1.807) is 0 Å². The molecule has 21 heavy (non-hydrogen) atoms. The van der Waals surface area contributed by atoms with Crippen LogP contribution in [0.25, 0.3) is 0 Å². The fraction of sp³-hybridized carbons (Fsp3) is 0.647. The summed E-state index contributed by atoms with van der Waals surface area (Å²) in [5.41, 5.74) is 2.61. The molecule has 1 saturated heterocycles. The van der Waals surface area contributed by atoms with Crippen molar-refractivity contribution < 1.29 is 4.74 Å². The van der Waals surface area contributed by atoms with Gasteiger partial charge >= 0.3 is 0 Å². The zero-order chi connectivity index (χ0) is 14.7. The summed E-state index contributed by atoms with van der Waals surface area (Å²) in [7, 11) is 2.19. The van der Waals surface area contributed by atoms with Gasteiger partial charge < -0.3 is 15.0 Å². The standard InChI is InChI=1S/C17H27N3O/c1-14-6-7-15-4-3-5-16(17(15)18-14)21-13-12-20-10-8-19(2)9-11-20/h3-5,14,18H,6-13H2,1-2H3. The molecule has 1 aromatic carbocycles. The van der Waals surface area contributed by atoms with Crippen LogP contribution in [0.5, 0.6) is 5.75 Å². The molecule has 0 bridgehead atoms. The highest BCUT2D eigenvalue weighted by atomic mass is 16.5. The van der Waals surface area contributed by atoms with Gasteiger partial charge in [0.1, 0.15) is 12.4 Å². The number of para-hydroxylation sites is 1. The lowest BCUT2D eigenvalue weighted by Crippen LogP contribution is -2.45. The Hall–Kier alpha value is -1.26. The van der Waals surface area contributed by atoms with Crippen LogP contribution in [-0.4, -0.2) is 62.2 Å². The van der Waals surface area contributed by atoms with E-state index in [2.05, 4.69) is 47.3 Å². The Morgan fingerprint density at radius 2 is 2.05 bits per heavy atom. The largest absolute Gasteiger partial charge is 0.490 e. The van der Waals surface area contributed by atoms with Crippen molar-refractivity contribution >= 4 is 5.69 Å². The number of hydrogen-bond donors (Lipinski definition) is 1. The molecule has 4 nitrogen and oxygen atoms in total. The highest BCUT2D eigenvalue weighted by Crippen LogP contribution is 2.33. The van der Waals surface area contributed by atoms with E-state index in [9.17, 15) is 0 Å². The van der Waals surface area contributed by atoms with Gasteiger partial charge in [0.2, 0.25) is 0 Å². The quantitative estimate of drug-likeness (QED) is 0.918. The third-order valence-corrected chi connectivity index (χ3v) is 4.61. The molecule has 0 spiro atoms. The SMILES string of the molecule is CC1CCc2cccc(OCCN3CCN(C)CC3)c2N1. The fourth-order valence-electron chi connectivity index (χ4n) is 3.12. The normalized spacial score (nSPS) is 23.4. The number of nitrogens with one attached hydrogen (secondary N) is 1. The Bertz CT molecular complexity index is 469. The van der Waals surface area contributed by atoms with Gasteiger partial charge in [0.15, 0.2) is 0 Å². The molecular formula is C17H27N3O. The molecule has 116 valence electrons. The summed E-state index contributed by atoms with van der Waals surface area (Å²) < 4.78 is 6.06. The third kappa shape index (κ3) is 3.69. The van der Waals surface area contributed by atoms with Crippen molar-refractivity contribution in [3.63, 3.8) is 0 Å². The van der Waals surface area contributed by atoms with Crippen LogP contribution in [0.1, 0.15) is 18.9 Å². The Kier molecular flexibility index (Phi) is 4.66. The fourth-order valence-corrected chi connectivity index (χ4v) is 3.12. The maximum Gasteiger partial charge on any atom is 0.142 e. The van der Waals surface area contributed by atoms with Crippen LogP contribution in [0.2, 0.25) is 0 Å². The molecule has 3 rings (SSSR count). The molecule has 2 heterocycles. The lowest BCUT2D eigenvalue weighted by Gasteiger charge is -2.32. The second-order valence-corrected chi connectivity index (χ2v) is 6.37. The smallest absolute Gasteiger partial charge is 0.142 e. The van der Waals surface area contributed by atoms with Gasteiger partial charge in [0, 0.05) is 38.8 Å². The molecule has 1 unspecified atom stereocenters. The Balaban J connectivity index is 1.54. The maximum atomic E-state index is 6.06. The van der Waals surface area contributed by atoms with Crippen LogP contribution in [0.15, 0.2) is 18.2 Å². The number of nitrogens with zero attached hydrogens (tertiary/aromatic N) is 2. The van der Waals surface area contributed by atoms with Crippen LogP contribution in [0.3, 0.4) is 0 Å². The first-order chi connectivity index (χ1) is 10.2. The summed E-state index contributed by atoms with van der Waals surface area (Å²) >= 11 is 0. The lowest BCUT2D eigenvalue weighted by molar-refractivity contribution is 0.134. The van der Waals surface area contributed by atoms with Crippen molar-refractivity contribution in [3.8, 4) is 5.75 Å². The van der Waals surface area contributed by atoms with Gasteiger partial charge in [0.05, 0.1) is 5.69 Å². The van der Waals surface area contributed by atoms with Crippen LogP contribution in [0, 0.1) is 0 Å². The molecule has 1 N–H and O–H groups in total. The molecule has 0 radical (unpaired) electrons. The number of benzene rings is 1. The Morgan fingerprint density at radius 1 is 1.24 bits per heavy atom. The van der Waals surface area contributed by atoms with Gasteiger partial charge in [-0.15, -0.1) is 0 Å². The second-order valence-electron chi connectivity index (χ2n) is 6.37. The number of likely N-dealkylation sites (N-methyl/N-ethyl adjacent to an activating group) is 1. The van der Waals surface area contributed by atoms with E-state index in [-0.39, 0.29) is 0 Å². The maximum absolute atomic E-state index is 6.06. The predicted molar refractivity (Wildman–Crippen MR) is 87.3 cm³/mol. The van der Waals surface area contributed by atoms with Gasteiger partial charge in [-0.1, -0.05) is 12.1 Å². The van der Waals surface area contributed by atoms with Gasteiger partial charge in [0.25, 0.3) is 0 Å². The minimum atomic E-state index is 0.542. The monoisotopic (exact) mass is 289 g/mol. The predicted octanol–water partition coefficient (Wildman–Crippen LogP) is 2.06. The van der Waals surface area contributed by atoms with E-state index in [0.29, 0.717) is 6.04 Å². The Morgan fingerprint density at radius 3 is 2.86 bits per heavy atom. The minimum absolute atomic E-state index is 0.542. The van der Waals surface area contributed by atoms with Crippen molar-refractivity contribution in [1.29, 1.82) is 0 Å². The first-order valence-corrected chi connectivity index (χ1v) is 8.14. The van der Waals surface area contributed by atoms with Crippen molar-refractivity contribution in [2.45, 2.75) is 25.8 Å². The summed E-state index contributed by atoms with van der Waals surface area (Å²) in [4.78, 5) is 4.88. The van der Waals surface area contributed by atoms with Crippen molar-refractivity contribution in [1.82, 2.24) is 9.80 Å². The number of hydrogen-bond acceptors (Lipinski definition) is 4. The van der Waals surface area contributed by atoms with E-state index in [1.165, 1.54) is 30.8 Å². The van der Waals surface area contributed by atoms with Gasteiger partial charge in [-0.3, -0.25) is 4.90 Å². The lowest BCUT2D eigenvalue weighted by atomic mass is 9.98. The average Bonchev–Trinajstić information content (AvgIpc) is 2.50. The number of fused-ring (bicyclic) bond motifs is 1. The first-order valence-electron chi connectivity index (χ1n) is 8.14. The van der Waals surface area contributed by atoms with Crippen molar-refractivity contribution in [3.05, 3.63) is 23.8 Å².